The lowest BCUT2D eigenvalue weighted by atomic mass is 9.96. The van der Waals surface area contributed by atoms with Crippen LogP contribution in [0.15, 0.2) is 29.1 Å². The van der Waals surface area contributed by atoms with Gasteiger partial charge in [0.05, 0.1) is 17.5 Å². The molecule has 0 spiro atoms. The van der Waals surface area contributed by atoms with Crippen molar-refractivity contribution in [2.75, 3.05) is 25.9 Å². The van der Waals surface area contributed by atoms with Crippen molar-refractivity contribution in [3.8, 4) is 0 Å². The fourth-order valence-corrected chi connectivity index (χ4v) is 5.00. The molecule has 1 N–H and O–H groups in total. The van der Waals surface area contributed by atoms with Crippen molar-refractivity contribution in [1.29, 1.82) is 0 Å². The van der Waals surface area contributed by atoms with Gasteiger partial charge >= 0.3 is 0 Å². The highest BCUT2D eigenvalue weighted by Crippen LogP contribution is 2.26. The van der Waals surface area contributed by atoms with E-state index in [0.717, 1.165) is 37.8 Å². The molecule has 1 fully saturated rings. The molecule has 1 aromatic carbocycles. The monoisotopic (exact) mass is 420 g/mol. The fourth-order valence-electron chi connectivity index (χ4n) is 4.21. The Hall–Kier alpha value is -2.10. The van der Waals surface area contributed by atoms with E-state index in [0.29, 0.717) is 36.6 Å². The molecule has 0 radical (unpaired) electrons. The van der Waals surface area contributed by atoms with Gasteiger partial charge < -0.3 is 4.98 Å². The number of likely N-dealkylation sites (tertiary alicyclic amines) is 1. The van der Waals surface area contributed by atoms with Gasteiger partial charge in [0, 0.05) is 38.5 Å². The zero-order valence-electron chi connectivity index (χ0n) is 16.4. The molecular weight excluding hydrogens is 395 g/mol. The number of hydrogen-bond acceptors (Lipinski definition) is 5. The van der Waals surface area contributed by atoms with Gasteiger partial charge in [0.15, 0.2) is 0 Å². The number of hydrogen-bond donors (Lipinski definition) is 1. The van der Waals surface area contributed by atoms with Crippen LogP contribution < -0.4 is 5.56 Å². The van der Waals surface area contributed by atoms with Crippen LogP contribution in [0, 0.1) is 5.82 Å². The van der Waals surface area contributed by atoms with Crippen LogP contribution >= 0.6 is 0 Å². The molecule has 0 saturated carbocycles. The first-order valence-corrected chi connectivity index (χ1v) is 11.7. The number of H-pyrrole nitrogens is 1. The van der Waals surface area contributed by atoms with E-state index in [1.807, 2.05) is 6.07 Å². The second-order valence-corrected chi connectivity index (χ2v) is 9.91. The Morgan fingerprint density at radius 2 is 2.14 bits per heavy atom. The molecule has 1 atom stereocenters. The Labute approximate surface area is 169 Å². The smallest absolute Gasteiger partial charge is 0.255 e. The highest BCUT2D eigenvalue weighted by atomic mass is 32.2. The van der Waals surface area contributed by atoms with Crippen molar-refractivity contribution < 1.29 is 12.8 Å². The van der Waals surface area contributed by atoms with Crippen LogP contribution in [0.3, 0.4) is 0 Å². The summed E-state index contributed by atoms with van der Waals surface area (Å²) in [5.74, 6) is 0.536. The predicted molar refractivity (Wildman–Crippen MR) is 107 cm³/mol. The Kier molecular flexibility index (Phi) is 5.54. The number of aromatic amines is 1. The molecule has 0 bridgehead atoms. The third kappa shape index (κ3) is 4.57. The van der Waals surface area contributed by atoms with Crippen LogP contribution in [0.5, 0.6) is 0 Å². The van der Waals surface area contributed by atoms with E-state index in [9.17, 15) is 17.6 Å². The Morgan fingerprint density at radius 3 is 2.90 bits per heavy atom. The molecule has 3 heterocycles. The van der Waals surface area contributed by atoms with Crippen molar-refractivity contribution >= 4 is 10.0 Å². The maximum atomic E-state index is 13.5. The molecule has 2 aliphatic rings. The quantitative estimate of drug-likeness (QED) is 0.812. The van der Waals surface area contributed by atoms with Gasteiger partial charge in [-0.15, -0.1) is 0 Å². The molecule has 4 rings (SSSR count). The van der Waals surface area contributed by atoms with E-state index in [4.69, 9.17) is 4.98 Å². The minimum atomic E-state index is -3.34. The summed E-state index contributed by atoms with van der Waals surface area (Å²) in [4.78, 5) is 22.5. The number of rotatable bonds is 4. The average molecular weight is 421 g/mol. The summed E-state index contributed by atoms with van der Waals surface area (Å²) in [5, 5.41) is 0. The van der Waals surface area contributed by atoms with Gasteiger partial charge in [-0.2, -0.15) is 4.31 Å². The minimum Gasteiger partial charge on any atom is -0.310 e. The summed E-state index contributed by atoms with van der Waals surface area (Å²) in [6, 6.07) is 6.62. The lowest BCUT2D eigenvalue weighted by Gasteiger charge is -2.33. The Bertz CT molecular complexity index is 1070. The average Bonchev–Trinajstić information content (AvgIpc) is 2.67. The third-order valence-corrected chi connectivity index (χ3v) is 6.96. The number of sulfonamides is 1. The second kappa shape index (κ2) is 7.97. The maximum Gasteiger partial charge on any atom is 0.255 e. The van der Waals surface area contributed by atoms with Crippen molar-refractivity contribution in [1.82, 2.24) is 19.2 Å². The van der Waals surface area contributed by atoms with E-state index in [1.54, 1.807) is 12.1 Å². The van der Waals surface area contributed by atoms with Crippen LogP contribution in [0.1, 0.15) is 41.4 Å². The summed E-state index contributed by atoms with van der Waals surface area (Å²) in [7, 11) is -3.34. The summed E-state index contributed by atoms with van der Waals surface area (Å²) in [5.41, 5.74) is 1.82. The van der Waals surface area contributed by atoms with Gasteiger partial charge in [0.2, 0.25) is 10.0 Å². The summed E-state index contributed by atoms with van der Waals surface area (Å²) < 4.78 is 38.4. The Balaban J connectivity index is 1.51. The molecular formula is C20H25FN4O3S. The van der Waals surface area contributed by atoms with Crippen LogP contribution in [-0.2, 0) is 29.5 Å². The highest BCUT2D eigenvalue weighted by Gasteiger charge is 2.29. The van der Waals surface area contributed by atoms with Gasteiger partial charge in [-0.05, 0) is 37.1 Å². The second-order valence-electron chi connectivity index (χ2n) is 7.93. The number of fused-ring (bicyclic) bond motifs is 1. The highest BCUT2D eigenvalue weighted by molar-refractivity contribution is 7.88. The number of piperidine rings is 1. The summed E-state index contributed by atoms with van der Waals surface area (Å²) >= 11 is 0. The number of nitrogens with zero attached hydrogens (tertiary/aromatic N) is 3. The van der Waals surface area contributed by atoms with Crippen LogP contribution in [0.25, 0.3) is 0 Å². The summed E-state index contributed by atoms with van der Waals surface area (Å²) in [6.07, 6.45) is 3.50. The third-order valence-electron chi connectivity index (χ3n) is 5.71. The van der Waals surface area contributed by atoms with E-state index in [2.05, 4.69) is 9.88 Å². The first-order chi connectivity index (χ1) is 13.8. The normalized spacial score (nSPS) is 21.1. The standard InChI is InChI=1S/C20H25FN4O3S/c1-29(27,28)25-9-7-18-17(13-25)20(26)23-19(22-18)15-5-3-8-24(12-15)11-14-4-2-6-16(21)10-14/h2,4,6,10,15H,3,5,7-9,11-13H2,1H3,(H,22,23,26)/t15-/m1/s1. The van der Waals surface area contributed by atoms with Crippen LogP contribution in [0.2, 0.25) is 0 Å². The lowest BCUT2D eigenvalue weighted by Crippen LogP contribution is -2.40. The van der Waals surface area contributed by atoms with Crippen molar-refractivity contribution in [2.45, 2.75) is 38.3 Å². The molecule has 0 aliphatic carbocycles. The van der Waals surface area contributed by atoms with Crippen molar-refractivity contribution in [3.63, 3.8) is 0 Å². The van der Waals surface area contributed by atoms with Crippen molar-refractivity contribution in [3.05, 3.63) is 63.1 Å². The molecule has 0 unspecified atom stereocenters. The van der Waals surface area contributed by atoms with Gasteiger partial charge in [-0.3, -0.25) is 9.69 Å². The molecule has 2 aliphatic heterocycles. The molecule has 9 heteroatoms. The van der Waals surface area contributed by atoms with Gasteiger partial charge in [0.1, 0.15) is 11.6 Å². The lowest BCUT2D eigenvalue weighted by molar-refractivity contribution is 0.196. The molecule has 1 aromatic heterocycles. The summed E-state index contributed by atoms with van der Waals surface area (Å²) in [6.45, 7) is 2.75. The van der Waals surface area contributed by atoms with Crippen LogP contribution in [-0.4, -0.2) is 53.5 Å². The zero-order valence-corrected chi connectivity index (χ0v) is 17.2. The van der Waals surface area contributed by atoms with E-state index in [-0.39, 0.29) is 23.8 Å². The Morgan fingerprint density at radius 1 is 1.31 bits per heavy atom. The largest absolute Gasteiger partial charge is 0.310 e. The maximum absolute atomic E-state index is 13.5. The number of nitrogens with one attached hydrogen (secondary N) is 1. The topological polar surface area (TPSA) is 86.4 Å². The first-order valence-electron chi connectivity index (χ1n) is 9.83. The molecule has 0 amide bonds. The van der Waals surface area contributed by atoms with Crippen molar-refractivity contribution in [2.24, 2.45) is 0 Å². The van der Waals surface area contributed by atoms with E-state index < -0.39 is 10.0 Å². The molecule has 156 valence electrons. The van der Waals surface area contributed by atoms with Crippen LogP contribution in [0.4, 0.5) is 4.39 Å². The molecule has 29 heavy (non-hydrogen) atoms. The molecule has 1 saturated heterocycles. The molecule has 2 aromatic rings. The van der Waals surface area contributed by atoms with E-state index in [1.165, 1.54) is 10.4 Å². The fraction of sp³-hybridized carbons (Fsp3) is 0.500. The number of benzene rings is 1. The van der Waals surface area contributed by atoms with Gasteiger partial charge in [0.25, 0.3) is 5.56 Å². The SMILES string of the molecule is CS(=O)(=O)N1CCc2nc([C@@H]3CCCN(Cc4cccc(F)c4)C3)[nH]c(=O)c2C1. The number of aromatic nitrogens is 2. The minimum absolute atomic E-state index is 0.0765. The predicted octanol–water partition coefficient (Wildman–Crippen LogP) is 1.61. The molecule has 7 nitrogen and oxygen atoms in total. The first kappa shape index (κ1) is 20.2. The van der Waals surface area contributed by atoms with Gasteiger partial charge in [-0.1, -0.05) is 12.1 Å². The van der Waals surface area contributed by atoms with Gasteiger partial charge in [-0.25, -0.2) is 17.8 Å². The van der Waals surface area contributed by atoms with E-state index >= 15 is 0 Å². The number of halogens is 1. The zero-order chi connectivity index (χ0) is 20.6.